The van der Waals surface area contributed by atoms with Crippen molar-refractivity contribution in [3.8, 4) is 11.5 Å². The van der Waals surface area contributed by atoms with E-state index < -0.39 is 4.92 Å². The molecule has 0 unspecified atom stereocenters. The second-order valence-electron chi connectivity index (χ2n) is 4.23. The van der Waals surface area contributed by atoms with Gasteiger partial charge in [0.25, 0.3) is 5.69 Å². The van der Waals surface area contributed by atoms with Crippen molar-refractivity contribution in [1.29, 1.82) is 0 Å². The minimum Gasteiger partial charge on any atom is -0.457 e. The number of nitrogens with zero attached hydrogens (tertiary/aromatic N) is 1. The lowest BCUT2D eigenvalue weighted by Crippen LogP contribution is -1.92. The van der Waals surface area contributed by atoms with E-state index >= 15 is 0 Å². The average molecular weight is 294 g/mol. The van der Waals surface area contributed by atoms with Crippen LogP contribution >= 0.6 is 11.6 Å². The number of aliphatic hydroxyl groups excluding tert-OH is 1. The molecule has 0 aromatic heterocycles. The first-order chi connectivity index (χ1) is 9.51. The summed E-state index contributed by atoms with van der Waals surface area (Å²) in [6.07, 6.45) is 0. The number of aryl methyl sites for hydroxylation is 1. The third-order valence-corrected chi connectivity index (χ3v) is 3.07. The van der Waals surface area contributed by atoms with E-state index in [1.807, 2.05) is 13.0 Å². The number of halogens is 1. The fourth-order valence-corrected chi connectivity index (χ4v) is 1.99. The number of aliphatic hydroxyl groups is 1. The van der Waals surface area contributed by atoms with Crippen molar-refractivity contribution >= 4 is 17.3 Å². The van der Waals surface area contributed by atoms with Gasteiger partial charge in [0.05, 0.1) is 11.5 Å². The summed E-state index contributed by atoms with van der Waals surface area (Å²) in [4.78, 5) is 10.1. The third kappa shape index (κ3) is 3.07. The van der Waals surface area contributed by atoms with Crippen LogP contribution in [0.4, 0.5) is 5.69 Å². The van der Waals surface area contributed by atoms with Crippen LogP contribution in [0, 0.1) is 17.0 Å². The lowest BCUT2D eigenvalue weighted by molar-refractivity contribution is -0.384. The van der Waals surface area contributed by atoms with Gasteiger partial charge < -0.3 is 9.84 Å². The van der Waals surface area contributed by atoms with Gasteiger partial charge in [-0.15, -0.1) is 0 Å². The number of benzene rings is 2. The third-order valence-electron chi connectivity index (χ3n) is 2.77. The molecule has 0 amide bonds. The Morgan fingerprint density at radius 2 is 2.05 bits per heavy atom. The van der Waals surface area contributed by atoms with Crippen LogP contribution in [0.3, 0.4) is 0 Å². The van der Waals surface area contributed by atoms with Crippen molar-refractivity contribution in [3.05, 3.63) is 62.7 Å². The van der Waals surface area contributed by atoms with E-state index in [4.69, 9.17) is 21.4 Å². The Balaban J connectivity index is 2.26. The number of ether oxygens (including phenoxy) is 1. The molecule has 0 heterocycles. The summed E-state index contributed by atoms with van der Waals surface area (Å²) in [7, 11) is 0. The number of nitro groups is 1. The molecule has 0 saturated carbocycles. The maximum absolute atomic E-state index is 10.7. The highest BCUT2D eigenvalue weighted by Crippen LogP contribution is 2.32. The van der Waals surface area contributed by atoms with Crippen molar-refractivity contribution in [3.63, 3.8) is 0 Å². The van der Waals surface area contributed by atoms with Crippen molar-refractivity contribution < 1.29 is 14.8 Å². The van der Waals surface area contributed by atoms with Crippen molar-refractivity contribution in [2.45, 2.75) is 13.5 Å². The van der Waals surface area contributed by atoms with E-state index in [9.17, 15) is 10.1 Å². The second-order valence-corrected chi connectivity index (χ2v) is 4.64. The van der Waals surface area contributed by atoms with Gasteiger partial charge >= 0.3 is 0 Å². The molecule has 0 bridgehead atoms. The van der Waals surface area contributed by atoms with Gasteiger partial charge in [0.15, 0.2) is 0 Å². The summed E-state index contributed by atoms with van der Waals surface area (Å²) in [5.74, 6) is 1.02. The van der Waals surface area contributed by atoms with E-state index in [-0.39, 0.29) is 17.3 Å². The first-order valence-corrected chi connectivity index (χ1v) is 6.21. The predicted octanol–water partition coefficient (Wildman–Crippen LogP) is 3.84. The van der Waals surface area contributed by atoms with Crippen molar-refractivity contribution in [2.75, 3.05) is 0 Å². The first-order valence-electron chi connectivity index (χ1n) is 5.83. The minimum atomic E-state index is -0.548. The smallest absolute Gasteiger partial charge is 0.288 e. The molecule has 0 atom stereocenters. The molecule has 6 heteroatoms. The summed E-state index contributed by atoms with van der Waals surface area (Å²) in [6, 6.07) is 9.48. The number of rotatable bonds is 4. The summed E-state index contributed by atoms with van der Waals surface area (Å²) in [5.41, 5.74) is 1.48. The number of hydrogen-bond acceptors (Lipinski definition) is 4. The zero-order valence-electron chi connectivity index (χ0n) is 10.7. The Labute approximate surface area is 120 Å². The Morgan fingerprint density at radius 1 is 1.30 bits per heavy atom. The molecule has 2 aromatic carbocycles. The molecule has 5 nitrogen and oxygen atoms in total. The normalized spacial score (nSPS) is 10.3. The fraction of sp³-hybridized carbons (Fsp3) is 0.143. The van der Waals surface area contributed by atoms with E-state index in [2.05, 4.69) is 0 Å². The zero-order valence-corrected chi connectivity index (χ0v) is 11.4. The molecule has 0 aliphatic heterocycles. The van der Waals surface area contributed by atoms with Crippen molar-refractivity contribution in [2.24, 2.45) is 0 Å². The highest BCUT2D eigenvalue weighted by molar-refractivity contribution is 6.32. The van der Waals surface area contributed by atoms with Crippen LogP contribution in [-0.4, -0.2) is 10.0 Å². The van der Waals surface area contributed by atoms with Crippen LogP contribution in [-0.2, 0) is 6.61 Å². The summed E-state index contributed by atoms with van der Waals surface area (Å²) in [5, 5.41) is 19.7. The van der Waals surface area contributed by atoms with E-state index in [1.165, 1.54) is 18.2 Å². The molecule has 1 N–H and O–H groups in total. The van der Waals surface area contributed by atoms with Crippen LogP contribution in [0.2, 0.25) is 5.02 Å². The van der Waals surface area contributed by atoms with E-state index in [0.29, 0.717) is 11.5 Å². The largest absolute Gasteiger partial charge is 0.457 e. The standard InChI is InChI=1S/C14H12ClNO4/c1-9-6-10(8-17)2-5-14(9)20-11-3-4-13(16(18)19)12(15)7-11/h2-7,17H,8H2,1H3. The summed E-state index contributed by atoms with van der Waals surface area (Å²) < 4.78 is 5.64. The molecule has 2 rings (SSSR count). The number of nitro benzene ring substituents is 1. The van der Waals surface area contributed by atoms with Gasteiger partial charge in [0.1, 0.15) is 16.5 Å². The average Bonchev–Trinajstić information content (AvgIpc) is 2.40. The minimum absolute atomic E-state index is 0.0251. The SMILES string of the molecule is Cc1cc(CO)ccc1Oc1ccc([N+](=O)[O-])c(Cl)c1. The molecular formula is C14H12ClNO4. The first kappa shape index (κ1) is 14.3. The molecular weight excluding hydrogens is 282 g/mol. The highest BCUT2D eigenvalue weighted by atomic mass is 35.5. The topological polar surface area (TPSA) is 72.6 Å². The fourth-order valence-electron chi connectivity index (χ4n) is 1.75. The van der Waals surface area contributed by atoms with Crippen LogP contribution in [0.5, 0.6) is 11.5 Å². The molecule has 0 saturated heterocycles. The lowest BCUT2D eigenvalue weighted by atomic mass is 10.1. The lowest BCUT2D eigenvalue weighted by Gasteiger charge is -2.10. The van der Waals surface area contributed by atoms with Crippen molar-refractivity contribution in [1.82, 2.24) is 0 Å². The number of hydrogen-bond donors (Lipinski definition) is 1. The van der Waals surface area contributed by atoms with Crippen LogP contribution in [0.25, 0.3) is 0 Å². The second kappa shape index (κ2) is 5.90. The van der Waals surface area contributed by atoms with Crippen LogP contribution in [0.1, 0.15) is 11.1 Å². The molecule has 0 fully saturated rings. The van der Waals surface area contributed by atoms with Gasteiger partial charge in [0, 0.05) is 12.1 Å². The van der Waals surface area contributed by atoms with Gasteiger partial charge in [-0.2, -0.15) is 0 Å². The molecule has 104 valence electrons. The summed E-state index contributed by atoms with van der Waals surface area (Å²) >= 11 is 5.82. The summed E-state index contributed by atoms with van der Waals surface area (Å²) in [6.45, 7) is 1.81. The Hall–Kier alpha value is -2.11. The monoisotopic (exact) mass is 293 g/mol. The van der Waals surface area contributed by atoms with E-state index in [0.717, 1.165) is 11.1 Å². The predicted molar refractivity (Wildman–Crippen MR) is 75.3 cm³/mol. The van der Waals surface area contributed by atoms with Gasteiger partial charge in [0.2, 0.25) is 0 Å². The van der Waals surface area contributed by atoms with Gasteiger partial charge in [-0.1, -0.05) is 23.7 Å². The molecule has 0 spiro atoms. The molecule has 0 aliphatic rings. The maximum Gasteiger partial charge on any atom is 0.288 e. The zero-order chi connectivity index (χ0) is 14.7. The van der Waals surface area contributed by atoms with Gasteiger partial charge in [-0.25, -0.2) is 0 Å². The Bertz CT molecular complexity index is 658. The van der Waals surface area contributed by atoms with Gasteiger partial charge in [-0.05, 0) is 30.2 Å². The molecule has 0 radical (unpaired) electrons. The Kier molecular flexibility index (Phi) is 4.22. The quantitative estimate of drug-likeness (QED) is 0.686. The highest BCUT2D eigenvalue weighted by Gasteiger charge is 2.13. The maximum atomic E-state index is 10.7. The molecule has 0 aliphatic carbocycles. The molecule has 2 aromatic rings. The van der Waals surface area contributed by atoms with E-state index in [1.54, 1.807) is 12.1 Å². The van der Waals surface area contributed by atoms with Crippen LogP contribution < -0.4 is 4.74 Å². The van der Waals surface area contributed by atoms with Gasteiger partial charge in [-0.3, -0.25) is 10.1 Å². The Morgan fingerprint density at radius 3 is 2.60 bits per heavy atom. The van der Waals surface area contributed by atoms with Crippen LogP contribution in [0.15, 0.2) is 36.4 Å². The molecule has 20 heavy (non-hydrogen) atoms.